The number of nitrogens with two attached hydrogens (primary N) is 1. The molecule has 0 aliphatic carbocycles. The van der Waals surface area contributed by atoms with Gasteiger partial charge < -0.3 is 5.73 Å². The van der Waals surface area contributed by atoms with Crippen LogP contribution in [0.15, 0.2) is 41.6 Å². The molecule has 0 unspecified atom stereocenters. The first-order valence-electron chi connectivity index (χ1n) is 5.74. The molecule has 0 saturated carbocycles. The lowest BCUT2D eigenvalue weighted by Crippen LogP contribution is -2.26. The highest BCUT2D eigenvalue weighted by Crippen LogP contribution is 2.22. The number of anilines is 1. The molecule has 0 saturated heterocycles. The number of aryl methyl sites for hydroxylation is 1. The van der Waals surface area contributed by atoms with Crippen LogP contribution in [0.1, 0.15) is 5.56 Å². The molecule has 3 N–H and O–H groups in total. The van der Waals surface area contributed by atoms with E-state index in [1.807, 2.05) is 0 Å². The number of benzene rings is 1. The summed E-state index contributed by atoms with van der Waals surface area (Å²) in [5, 5.41) is 11.3. The van der Waals surface area contributed by atoms with Crippen LogP contribution in [0.5, 0.6) is 0 Å². The first-order valence-corrected chi connectivity index (χ1v) is 7.18. The summed E-state index contributed by atoms with van der Waals surface area (Å²) < 4.78 is 27.4. The van der Waals surface area contributed by atoms with Crippen LogP contribution in [-0.2, 0) is 17.1 Å². The predicted octanol–water partition coefficient (Wildman–Crippen LogP) is 0.529. The Bertz CT molecular complexity index is 751. The smallest absolute Gasteiger partial charge is 0.267 e. The third-order valence-electron chi connectivity index (χ3n) is 2.86. The van der Waals surface area contributed by atoms with Gasteiger partial charge in [-0.1, -0.05) is 12.1 Å². The van der Waals surface area contributed by atoms with Crippen molar-refractivity contribution in [1.29, 1.82) is 5.41 Å². The molecule has 0 radical (unpaired) electrons. The molecular formula is C12H15N5O2S. The molecule has 106 valence electrons. The lowest BCUT2D eigenvalue weighted by atomic mass is 10.2. The van der Waals surface area contributed by atoms with E-state index in [4.69, 9.17) is 11.1 Å². The van der Waals surface area contributed by atoms with E-state index in [2.05, 4.69) is 5.10 Å². The topological polar surface area (TPSA) is 105 Å². The molecule has 0 aliphatic rings. The van der Waals surface area contributed by atoms with Crippen LogP contribution >= 0.6 is 0 Å². The number of hydrogen-bond acceptors (Lipinski definition) is 4. The maximum Gasteiger partial charge on any atom is 0.267 e. The quantitative estimate of drug-likeness (QED) is 0.633. The summed E-state index contributed by atoms with van der Waals surface area (Å²) >= 11 is 0. The number of rotatable bonds is 4. The number of nitrogen functional groups attached to an aromatic ring is 1. The molecule has 7 nitrogen and oxygen atoms in total. The van der Waals surface area contributed by atoms with Gasteiger partial charge in [-0.05, 0) is 12.1 Å². The average Bonchev–Trinajstić information content (AvgIpc) is 2.85. The zero-order valence-corrected chi connectivity index (χ0v) is 11.9. The Morgan fingerprint density at radius 2 is 2.15 bits per heavy atom. The number of nitrogens with one attached hydrogen (secondary N) is 1. The van der Waals surface area contributed by atoms with Crippen LogP contribution < -0.4 is 10.0 Å². The Hall–Kier alpha value is -2.35. The van der Waals surface area contributed by atoms with E-state index in [0.717, 1.165) is 4.31 Å². The number of nitrogens with zero attached hydrogens (tertiary/aromatic N) is 3. The summed E-state index contributed by atoms with van der Waals surface area (Å²) in [7, 11) is -0.581. The fourth-order valence-electron chi connectivity index (χ4n) is 1.70. The van der Waals surface area contributed by atoms with Crippen molar-refractivity contribution in [2.75, 3.05) is 11.4 Å². The molecule has 1 heterocycles. The third kappa shape index (κ3) is 2.50. The lowest BCUT2D eigenvalue weighted by molar-refractivity contribution is 0.594. The van der Waals surface area contributed by atoms with Crippen molar-refractivity contribution in [1.82, 2.24) is 9.78 Å². The number of sulfonamides is 1. The standard InChI is InChI=1S/C12H15N5O2S/c1-16-8-11(7-15-16)20(18,19)17(2)10-5-3-4-9(6-10)12(13)14/h3-8H,1-2H3,(H3,13,14). The first-order chi connectivity index (χ1) is 9.32. The van der Waals surface area contributed by atoms with E-state index in [9.17, 15) is 8.42 Å². The molecule has 1 aromatic heterocycles. The molecule has 0 aliphatic heterocycles. The normalized spacial score (nSPS) is 11.3. The summed E-state index contributed by atoms with van der Waals surface area (Å²) in [5.41, 5.74) is 6.31. The van der Waals surface area contributed by atoms with Crippen molar-refractivity contribution < 1.29 is 8.42 Å². The zero-order valence-electron chi connectivity index (χ0n) is 11.1. The van der Waals surface area contributed by atoms with Gasteiger partial charge in [-0.15, -0.1) is 0 Å². The molecule has 8 heteroatoms. The van der Waals surface area contributed by atoms with Crippen LogP contribution in [0.25, 0.3) is 0 Å². The van der Waals surface area contributed by atoms with Crippen molar-refractivity contribution in [3.63, 3.8) is 0 Å². The minimum absolute atomic E-state index is 0.107. The lowest BCUT2D eigenvalue weighted by Gasteiger charge is -2.19. The van der Waals surface area contributed by atoms with Gasteiger partial charge in [0, 0.05) is 25.9 Å². The van der Waals surface area contributed by atoms with Crippen LogP contribution in [0.4, 0.5) is 5.69 Å². The van der Waals surface area contributed by atoms with Crippen molar-refractivity contribution in [3.8, 4) is 0 Å². The first kappa shape index (κ1) is 14.1. The minimum Gasteiger partial charge on any atom is -0.384 e. The van der Waals surface area contributed by atoms with Gasteiger partial charge in [-0.25, -0.2) is 8.42 Å². The van der Waals surface area contributed by atoms with Gasteiger partial charge in [0.2, 0.25) is 0 Å². The molecule has 2 aromatic rings. The Morgan fingerprint density at radius 3 is 2.70 bits per heavy atom. The second kappa shape index (κ2) is 4.97. The molecule has 0 amide bonds. The summed E-state index contributed by atoms with van der Waals surface area (Å²) in [4.78, 5) is 0.107. The van der Waals surface area contributed by atoms with Gasteiger partial charge >= 0.3 is 0 Å². The van der Waals surface area contributed by atoms with Gasteiger partial charge in [0.15, 0.2) is 0 Å². The summed E-state index contributed by atoms with van der Waals surface area (Å²) in [6, 6.07) is 6.49. The fraction of sp³-hybridized carbons (Fsp3) is 0.167. The molecule has 0 fully saturated rings. The van der Waals surface area contributed by atoms with E-state index in [1.165, 1.54) is 24.1 Å². The van der Waals surface area contributed by atoms with Crippen molar-refractivity contribution in [3.05, 3.63) is 42.2 Å². The maximum absolute atomic E-state index is 12.4. The maximum atomic E-state index is 12.4. The van der Waals surface area contributed by atoms with Gasteiger partial charge in [-0.3, -0.25) is 14.4 Å². The molecule has 1 aromatic carbocycles. The Labute approximate surface area is 117 Å². The highest BCUT2D eigenvalue weighted by Gasteiger charge is 2.23. The molecule has 2 rings (SSSR count). The average molecular weight is 293 g/mol. The second-order valence-electron chi connectivity index (χ2n) is 4.29. The molecule has 0 spiro atoms. The monoisotopic (exact) mass is 293 g/mol. The third-order valence-corrected chi connectivity index (χ3v) is 4.60. The highest BCUT2D eigenvalue weighted by molar-refractivity contribution is 7.92. The van der Waals surface area contributed by atoms with Crippen molar-refractivity contribution >= 4 is 21.5 Å². The van der Waals surface area contributed by atoms with Gasteiger partial charge in [0.1, 0.15) is 10.7 Å². The molecule has 20 heavy (non-hydrogen) atoms. The van der Waals surface area contributed by atoms with Gasteiger partial charge in [0.25, 0.3) is 10.0 Å². The summed E-state index contributed by atoms with van der Waals surface area (Å²) in [6.07, 6.45) is 2.72. The van der Waals surface area contributed by atoms with Crippen LogP contribution in [-0.4, -0.2) is 31.1 Å². The van der Waals surface area contributed by atoms with Crippen LogP contribution in [0.2, 0.25) is 0 Å². The van der Waals surface area contributed by atoms with Crippen molar-refractivity contribution in [2.45, 2.75) is 4.90 Å². The largest absolute Gasteiger partial charge is 0.384 e. The van der Waals surface area contributed by atoms with E-state index in [1.54, 1.807) is 31.3 Å². The summed E-state index contributed by atoms with van der Waals surface area (Å²) in [5.74, 6) is -0.112. The predicted molar refractivity (Wildman–Crippen MR) is 76.3 cm³/mol. The Kier molecular flexibility index (Phi) is 3.49. The zero-order chi connectivity index (χ0) is 14.9. The van der Waals surface area contributed by atoms with Gasteiger partial charge in [-0.2, -0.15) is 5.10 Å². The molecular weight excluding hydrogens is 278 g/mol. The van der Waals surface area contributed by atoms with Crippen molar-refractivity contribution in [2.24, 2.45) is 12.8 Å². The molecule has 0 atom stereocenters. The molecule has 0 bridgehead atoms. The van der Waals surface area contributed by atoms with E-state index < -0.39 is 10.0 Å². The number of amidine groups is 1. The fourth-order valence-corrected chi connectivity index (χ4v) is 2.87. The van der Waals surface area contributed by atoms with E-state index in [-0.39, 0.29) is 10.7 Å². The Balaban J connectivity index is 2.43. The minimum atomic E-state index is -3.67. The summed E-state index contributed by atoms with van der Waals surface area (Å²) in [6.45, 7) is 0. The second-order valence-corrected chi connectivity index (χ2v) is 6.26. The van der Waals surface area contributed by atoms with Crippen LogP contribution in [0, 0.1) is 5.41 Å². The number of hydrogen-bond donors (Lipinski definition) is 2. The van der Waals surface area contributed by atoms with E-state index in [0.29, 0.717) is 11.3 Å². The Morgan fingerprint density at radius 1 is 1.45 bits per heavy atom. The van der Waals surface area contributed by atoms with Crippen LogP contribution in [0.3, 0.4) is 0 Å². The van der Waals surface area contributed by atoms with E-state index >= 15 is 0 Å². The SMILES string of the molecule is CN(c1cccc(C(=N)N)c1)S(=O)(=O)c1cnn(C)c1. The highest BCUT2D eigenvalue weighted by atomic mass is 32.2. The van der Waals surface area contributed by atoms with Gasteiger partial charge in [0.05, 0.1) is 11.9 Å². The number of aromatic nitrogens is 2.